The lowest BCUT2D eigenvalue weighted by atomic mass is 9.79. The van der Waals surface area contributed by atoms with Crippen molar-refractivity contribution < 1.29 is 48.3 Å². The van der Waals surface area contributed by atoms with Crippen LogP contribution in [0, 0.1) is 0 Å². The molecule has 0 aliphatic carbocycles. The Kier molecular flexibility index (Phi) is 8.56. The van der Waals surface area contributed by atoms with Crippen LogP contribution in [0.1, 0.15) is 43.1 Å². The summed E-state index contributed by atoms with van der Waals surface area (Å²) >= 11 is 0. The van der Waals surface area contributed by atoms with Gasteiger partial charge in [0, 0.05) is 0 Å². The molecule has 2 aromatic carbocycles. The molecule has 0 saturated heterocycles. The number of aliphatic carboxylic acids is 1. The van der Waals surface area contributed by atoms with Gasteiger partial charge < -0.3 is 38.7 Å². The predicted octanol–water partition coefficient (Wildman–Crippen LogP) is 0.336. The molecule has 2 unspecified atom stereocenters. The Balaban J connectivity index is 0.000000192. The van der Waals surface area contributed by atoms with Gasteiger partial charge in [0.15, 0.2) is 0 Å². The fraction of sp³-hybridized carbons (Fsp3) is 0.364. The molecule has 0 amide bonds. The van der Waals surface area contributed by atoms with Gasteiger partial charge in [-0.2, -0.15) is 0 Å². The van der Waals surface area contributed by atoms with Gasteiger partial charge in [-0.15, -0.1) is 0 Å². The van der Waals surface area contributed by atoms with Crippen molar-refractivity contribution in [1.29, 1.82) is 0 Å². The van der Waals surface area contributed by atoms with Crippen molar-refractivity contribution in [1.82, 2.24) is 0 Å². The summed E-state index contributed by atoms with van der Waals surface area (Å²) < 4.78 is 25.5. The number of fused-ring (bicyclic) bond motifs is 2. The molecule has 2 aromatic rings. The van der Waals surface area contributed by atoms with Crippen LogP contribution in [-0.4, -0.2) is 62.2 Å². The van der Waals surface area contributed by atoms with Gasteiger partial charge in [0.05, 0.1) is 45.9 Å². The maximum atomic E-state index is 11.4. The zero-order valence-electron chi connectivity index (χ0n) is 19.1. The summed E-state index contributed by atoms with van der Waals surface area (Å²) in [6, 6.07) is 10.4. The van der Waals surface area contributed by atoms with Crippen LogP contribution in [-0.2, 0) is 23.6 Å². The van der Waals surface area contributed by atoms with Crippen LogP contribution in [0.2, 0.25) is 0 Å². The van der Waals surface area contributed by atoms with E-state index in [2.05, 4.69) is 0 Å². The van der Waals surface area contributed by atoms with Crippen molar-refractivity contribution >= 4 is 37.1 Å². The molecule has 4 rings (SSSR count). The lowest BCUT2D eigenvalue weighted by Gasteiger charge is -2.11. The summed E-state index contributed by atoms with van der Waals surface area (Å²) in [6.45, 7) is 2.09. The molecule has 0 saturated carbocycles. The molecule has 0 fully saturated rings. The van der Waals surface area contributed by atoms with E-state index in [0.29, 0.717) is 34.6 Å². The largest absolute Gasteiger partial charge is 0.497 e. The number of ether oxygens (including phenoxy) is 3. The summed E-state index contributed by atoms with van der Waals surface area (Å²) in [5, 5.41) is 28.1. The minimum Gasteiger partial charge on any atom is -0.497 e. The van der Waals surface area contributed by atoms with Crippen LogP contribution in [0.25, 0.3) is 0 Å². The van der Waals surface area contributed by atoms with Gasteiger partial charge >= 0.3 is 26.2 Å². The van der Waals surface area contributed by atoms with Gasteiger partial charge in [0.1, 0.15) is 11.5 Å². The Bertz CT molecular complexity index is 1030. The Morgan fingerprint density at radius 1 is 0.882 bits per heavy atom. The highest BCUT2D eigenvalue weighted by molar-refractivity contribution is 6.62. The minimum absolute atomic E-state index is 0.101. The van der Waals surface area contributed by atoms with E-state index in [-0.39, 0.29) is 18.8 Å². The summed E-state index contributed by atoms with van der Waals surface area (Å²) in [7, 11) is 0.988. The van der Waals surface area contributed by atoms with Gasteiger partial charge in [-0.25, -0.2) is 0 Å². The van der Waals surface area contributed by atoms with Crippen LogP contribution in [0.4, 0.5) is 0 Å². The molecule has 0 aromatic heterocycles. The van der Waals surface area contributed by atoms with E-state index in [9.17, 15) is 19.6 Å². The van der Waals surface area contributed by atoms with Crippen molar-refractivity contribution in [2.45, 2.75) is 32.0 Å². The quantitative estimate of drug-likeness (QED) is 0.382. The molecule has 0 bridgehead atoms. The highest BCUT2D eigenvalue weighted by atomic mass is 16.6. The zero-order valence-corrected chi connectivity index (χ0v) is 19.1. The monoisotopic (exact) mass is 472 g/mol. The van der Waals surface area contributed by atoms with E-state index in [4.69, 9.17) is 28.6 Å². The predicted molar refractivity (Wildman–Crippen MR) is 122 cm³/mol. The lowest BCUT2D eigenvalue weighted by Crippen LogP contribution is -2.28. The zero-order chi connectivity index (χ0) is 24.8. The van der Waals surface area contributed by atoms with Crippen LogP contribution >= 0.6 is 0 Å². The van der Waals surface area contributed by atoms with Crippen LogP contribution in [0.3, 0.4) is 0 Å². The van der Waals surface area contributed by atoms with Gasteiger partial charge in [0.25, 0.3) is 0 Å². The Morgan fingerprint density at radius 2 is 1.35 bits per heavy atom. The highest BCUT2D eigenvalue weighted by Gasteiger charge is 2.37. The summed E-state index contributed by atoms with van der Waals surface area (Å²) in [4.78, 5) is 22.0. The molecule has 2 aliphatic rings. The first-order valence-corrected chi connectivity index (χ1v) is 10.7. The molecule has 10 nitrogen and oxygen atoms in total. The number of carbonyl (C=O) groups is 2. The molecular weight excluding hydrogens is 446 g/mol. The van der Waals surface area contributed by atoms with Crippen LogP contribution in [0.5, 0.6) is 11.5 Å². The third-order valence-corrected chi connectivity index (χ3v) is 5.42. The summed E-state index contributed by atoms with van der Waals surface area (Å²) in [5.74, 6) is -0.0372. The molecule has 180 valence electrons. The number of esters is 1. The maximum Gasteiger partial charge on any atom is 0.492 e. The number of methoxy groups -OCH3 is 2. The fourth-order valence-corrected chi connectivity index (χ4v) is 3.82. The van der Waals surface area contributed by atoms with Gasteiger partial charge in [-0.1, -0.05) is 12.1 Å². The second-order valence-electron chi connectivity index (χ2n) is 7.55. The summed E-state index contributed by atoms with van der Waals surface area (Å²) in [5.41, 5.74) is 2.72. The van der Waals surface area contributed by atoms with E-state index in [1.54, 1.807) is 50.4 Å². The number of carboxylic acid groups (broad SMARTS) is 1. The van der Waals surface area contributed by atoms with Gasteiger partial charge in [0.2, 0.25) is 0 Å². The molecule has 0 radical (unpaired) electrons. The first-order chi connectivity index (χ1) is 16.3. The average molecular weight is 472 g/mol. The normalized spacial score (nSPS) is 17.9. The van der Waals surface area contributed by atoms with Crippen molar-refractivity contribution in [2.24, 2.45) is 0 Å². The summed E-state index contributed by atoms with van der Waals surface area (Å²) in [6.07, 6.45) is -1.10. The Morgan fingerprint density at radius 3 is 1.76 bits per heavy atom. The van der Waals surface area contributed by atoms with Gasteiger partial charge in [-0.3, -0.25) is 9.59 Å². The standard InChI is InChI=1S/C12H15BO5.C10H11BO5/c1-3-17-12(14)7-11-9-5-4-8(16-2)6-10(9)13(15)18-11;1-15-6-2-3-7-8(4-6)11(14)16-9(7)5-10(12)13/h4-6,11,15H,3,7H2,1-2H3;2-4,9,14H,5H2,1H3,(H,12,13). The van der Waals surface area contributed by atoms with E-state index in [0.717, 1.165) is 5.56 Å². The molecule has 2 aliphatic heterocycles. The average Bonchev–Trinajstić information content (AvgIpc) is 3.29. The van der Waals surface area contributed by atoms with Crippen molar-refractivity contribution in [3.8, 4) is 11.5 Å². The first-order valence-electron chi connectivity index (χ1n) is 10.7. The Labute approximate surface area is 197 Å². The topological polar surface area (TPSA) is 141 Å². The molecule has 12 heteroatoms. The molecular formula is C22H26B2O10. The second-order valence-corrected chi connectivity index (χ2v) is 7.55. The fourth-order valence-electron chi connectivity index (χ4n) is 3.82. The number of benzene rings is 2. The molecule has 3 N–H and O–H groups in total. The van der Waals surface area contributed by atoms with Crippen molar-refractivity contribution in [3.63, 3.8) is 0 Å². The second kappa shape index (κ2) is 11.4. The lowest BCUT2D eigenvalue weighted by molar-refractivity contribution is -0.145. The van der Waals surface area contributed by atoms with E-state index in [1.807, 2.05) is 0 Å². The molecule has 34 heavy (non-hydrogen) atoms. The maximum absolute atomic E-state index is 11.4. The molecule has 2 atom stereocenters. The van der Waals surface area contributed by atoms with Crippen LogP contribution < -0.4 is 20.4 Å². The smallest absolute Gasteiger partial charge is 0.492 e. The van der Waals surface area contributed by atoms with Gasteiger partial charge in [-0.05, 0) is 53.2 Å². The van der Waals surface area contributed by atoms with E-state index < -0.39 is 32.4 Å². The van der Waals surface area contributed by atoms with E-state index in [1.165, 1.54) is 7.11 Å². The first kappa shape index (κ1) is 25.6. The number of hydrogen-bond donors (Lipinski definition) is 3. The molecule has 2 heterocycles. The highest BCUT2D eigenvalue weighted by Crippen LogP contribution is 2.29. The Hall–Kier alpha value is -3.05. The van der Waals surface area contributed by atoms with Crippen LogP contribution in [0.15, 0.2) is 36.4 Å². The number of hydrogen-bond acceptors (Lipinski definition) is 9. The third kappa shape index (κ3) is 5.89. The van der Waals surface area contributed by atoms with Crippen molar-refractivity contribution in [2.75, 3.05) is 20.8 Å². The number of carbonyl (C=O) groups excluding carboxylic acids is 1. The van der Waals surface area contributed by atoms with E-state index >= 15 is 0 Å². The SMILES string of the molecule is CCOC(=O)CC1OB(O)c2cc(OC)ccc21.COc1ccc2c(c1)B(O)OC2CC(=O)O. The minimum atomic E-state index is -1.07. The number of rotatable bonds is 7. The molecule has 0 spiro atoms. The third-order valence-electron chi connectivity index (χ3n) is 5.42. The van der Waals surface area contributed by atoms with Crippen molar-refractivity contribution in [3.05, 3.63) is 47.5 Å². The number of carboxylic acids is 1.